The molecule has 0 fully saturated rings. The number of aromatic hydroxyl groups is 3. The lowest BCUT2D eigenvalue weighted by molar-refractivity contribution is -0.0430. The van der Waals surface area contributed by atoms with E-state index >= 15 is 0 Å². The minimum absolute atomic E-state index is 0.00108. The molecule has 152 valence electrons. The van der Waals surface area contributed by atoms with Gasteiger partial charge in [-0.2, -0.15) is 0 Å². The van der Waals surface area contributed by atoms with E-state index in [-0.39, 0.29) is 45.8 Å². The van der Waals surface area contributed by atoms with Crippen LogP contribution in [0, 0.1) is 0 Å². The van der Waals surface area contributed by atoms with Crippen LogP contribution < -0.4 is 14.9 Å². The van der Waals surface area contributed by atoms with Gasteiger partial charge in [0.25, 0.3) is 0 Å². The van der Waals surface area contributed by atoms with E-state index < -0.39 is 22.9 Å². The van der Waals surface area contributed by atoms with Gasteiger partial charge in [-0.05, 0) is 19.9 Å². The molecule has 3 aromatic rings. The zero-order chi connectivity index (χ0) is 21.1. The monoisotopic (exact) mass is 400 g/mol. The zero-order valence-corrected chi connectivity index (χ0v) is 16.0. The van der Waals surface area contributed by atoms with Crippen LogP contribution in [0.25, 0.3) is 22.1 Å². The molecule has 1 unspecified atom stereocenters. The number of phenolic OH excluding ortho intramolecular Hbond substituents is 3. The molecule has 0 radical (unpaired) electrons. The third kappa shape index (κ3) is 2.84. The maximum Gasteiger partial charge on any atom is 0.204 e. The molecule has 0 bridgehead atoms. The van der Waals surface area contributed by atoms with E-state index in [1.54, 1.807) is 13.8 Å². The van der Waals surface area contributed by atoms with Crippen molar-refractivity contribution in [3.05, 3.63) is 40.2 Å². The Morgan fingerprint density at radius 2 is 1.86 bits per heavy atom. The second-order valence-corrected chi connectivity index (χ2v) is 7.52. The van der Waals surface area contributed by atoms with Crippen LogP contribution in [-0.2, 0) is 6.42 Å². The van der Waals surface area contributed by atoms with E-state index in [0.29, 0.717) is 11.3 Å². The molecule has 2 heterocycles. The predicted molar refractivity (Wildman–Crippen MR) is 104 cm³/mol. The Morgan fingerprint density at radius 1 is 1.14 bits per heavy atom. The summed E-state index contributed by atoms with van der Waals surface area (Å²) in [7, 11) is 1.43. The Balaban J connectivity index is 1.99. The molecular weight excluding hydrogens is 380 g/mol. The van der Waals surface area contributed by atoms with E-state index in [1.807, 2.05) is 0 Å². The number of rotatable bonds is 2. The van der Waals surface area contributed by atoms with Crippen LogP contribution in [0.15, 0.2) is 33.7 Å². The maximum atomic E-state index is 13.0. The third-order valence-electron chi connectivity index (χ3n) is 5.23. The van der Waals surface area contributed by atoms with E-state index in [4.69, 9.17) is 13.9 Å². The predicted octanol–water partition coefficient (Wildman–Crippen LogP) is 2.66. The minimum Gasteiger partial charge on any atom is -0.508 e. The Hall–Kier alpha value is -3.39. The summed E-state index contributed by atoms with van der Waals surface area (Å²) in [6.45, 7) is 3.45. The van der Waals surface area contributed by atoms with Crippen molar-refractivity contribution in [2.24, 2.45) is 0 Å². The molecule has 0 saturated carbocycles. The third-order valence-corrected chi connectivity index (χ3v) is 5.23. The minimum atomic E-state index is -0.888. The summed E-state index contributed by atoms with van der Waals surface area (Å²) in [4.78, 5) is 13.0. The van der Waals surface area contributed by atoms with Crippen molar-refractivity contribution in [3.63, 3.8) is 0 Å². The van der Waals surface area contributed by atoms with Gasteiger partial charge in [-0.15, -0.1) is 0 Å². The number of benzene rings is 2. The SMILES string of the molecule is COc1cc(-c2coc3cc(O)cc(O)c3c2=O)c(O)c2c1OC(C)(C)C(O)C2. The van der Waals surface area contributed by atoms with Gasteiger partial charge in [0.1, 0.15) is 40.1 Å². The van der Waals surface area contributed by atoms with Crippen molar-refractivity contribution in [2.75, 3.05) is 7.11 Å². The van der Waals surface area contributed by atoms with Crippen molar-refractivity contribution < 1.29 is 34.3 Å². The van der Waals surface area contributed by atoms with Gasteiger partial charge in [0.2, 0.25) is 5.43 Å². The molecular formula is C21H20O8. The highest BCUT2D eigenvalue weighted by Crippen LogP contribution is 2.48. The van der Waals surface area contributed by atoms with Gasteiger partial charge in [-0.25, -0.2) is 0 Å². The van der Waals surface area contributed by atoms with Crippen molar-refractivity contribution in [1.29, 1.82) is 0 Å². The summed E-state index contributed by atoms with van der Waals surface area (Å²) >= 11 is 0. The Kier molecular flexibility index (Phi) is 4.13. The second-order valence-electron chi connectivity index (χ2n) is 7.52. The van der Waals surface area contributed by atoms with Gasteiger partial charge in [0, 0.05) is 29.7 Å². The number of aliphatic hydroxyl groups excluding tert-OH is 1. The van der Waals surface area contributed by atoms with E-state index in [2.05, 4.69) is 0 Å². The number of aliphatic hydroxyl groups is 1. The van der Waals surface area contributed by atoms with Crippen LogP contribution in [0.3, 0.4) is 0 Å². The molecule has 8 nitrogen and oxygen atoms in total. The second kappa shape index (κ2) is 6.31. The van der Waals surface area contributed by atoms with Crippen LogP contribution >= 0.6 is 0 Å². The first kappa shape index (κ1) is 18.9. The summed E-state index contributed by atoms with van der Waals surface area (Å²) in [5.41, 5.74) is -1.08. The average molecular weight is 400 g/mol. The fraction of sp³-hybridized carbons (Fsp3) is 0.286. The number of hydrogen-bond donors (Lipinski definition) is 4. The molecule has 0 spiro atoms. The van der Waals surface area contributed by atoms with Gasteiger partial charge < -0.3 is 34.3 Å². The number of methoxy groups -OCH3 is 1. The molecule has 0 aliphatic carbocycles. The summed E-state index contributed by atoms with van der Waals surface area (Å²) in [5.74, 6) is -0.372. The summed E-state index contributed by atoms with van der Waals surface area (Å²) < 4.78 is 16.7. The van der Waals surface area contributed by atoms with Crippen LogP contribution in [0.5, 0.6) is 28.7 Å². The van der Waals surface area contributed by atoms with Crippen LogP contribution in [0.4, 0.5) is 0 Å². The molecule has 2 aromatic carbocycles. The molecule has 1 aliphatic heterocycles. The number of fused-ring (bicyclic) bond motifs is 2. The standard InChI is InChI=1S/C21H20O8/c1-21(2)16(24)7-11-18(25)10(6-15(27-3)20(11)29-21)12-8-28-14-5-9(22)4-13(23)17(14)19(12)26/h4-6,8,16,22-25H,7H2,1-3H3. The lowest BCUT2D eigenvalue weighted by Crippen LogP contribution is -2.46. The van der Waals surface area contributed by atoms with Gasteiger partial charge in [0.05, 0.1) is 18.8 Å². The van der Waals surface area contributed by atoms with Gasteiger partial charge >= 0.3 is 0 Å². The molecule has 0 saturated heterocycles. The van der Waals surface area contributed by atoms with Gasteiger partial charge in [-0.3, -0.25) is 4.79 Å². The summed E-state index contributed by atoms with van der Waals surface area (Å²) in [6, 6.07) is 3.68. The molecule has 29 heavy (non-hydrogen) atoms. The lowest BCUT2D eigenvalue weighted by atomic mass is 9.88. The van der Waals surface area contributed by atoms with Crippen molar-refractivity contribution in [1.82, 2.24) is 0 Å². The Bertz CT molecular complexity index is 1190. The number of hydrogen-bond acceptors (Lipinski definition) is 8. The van der Waals surface area contributed by atoms with Crippen LogP contribution in [-0.4, -0.2) is 39.2 Å². The zero-order valence-electron chi connectivity index (χ0n) is 16.0. The first-order valence-electron chi connectivity index (χ1n) is 8.91. The number of phenols is 3. The lowest BCUT2D eigenvalue weighted by Gasteiger charge is -2.38. The molecule has 8 heteroatoms. The molecule has 1 aliphatic rings. The highest BCUT2D eigenvalue weighted by molar-refractivity contribution is 5.89. The fourth-order valence-corrected chi connectivity index (χ4v) is 3.52. The molecule has 4 rings (SSSR count). The van der Waals surface area contributed by atoms with Crippen molar-refractivity contribution >= 4 is 11.0 Å². The number of ether oxygens (including phenoxy) is 2. The van der Waals surface area contributed by atoms with Crippen LogP contribution in [0.1, 0.15) is 19.4 Å². The van der Waals surface area contributed by atoms with Gasteiger partial charge in [0.15, 0.2) is 11.5 Å². The van der Waals surface area contributed by atoms with Crippen molar-refractivity contribution in [2.45, 2.75) is 32.0 Å². The normalized spacial score (nSPS) is 17.6. The largest absolute Gasteiger partial charge is 0.508 e. The van der Waals surface area contributed by atoms with Crippen LogP contribution in [0.2, 0.25) is 0 Å². The molecule has 1 aromatic heterocycles. The fourth-order valence-electron chi connectivity index (χ4n) is 3.52. The quantitative estimate of drug-likeness (QED) is 0.517. The highest BCUT2D eigenvalue weighted by atomic mass is 16.5. The Labute approximate surface area is 165 Å². The summed E-state index contributed by atoms with van der Waals surface area (Å²) in [6.07, 6.45) is 0.339. The van der Waals surface area contributed by atoms with E-state index in [0.717, 1.165) is 12.3 Å². The summed E-state index contributed by atoms with van der Waals surface area (Å²) in [5, 5.41) is 40.8. The van der Waals surface area contributed by atoms with E-state index in [9.17, 15) is 25.2 Å². The smallest absolute Gasteiger partial charge is 0.204 e. The highest BCUT2D eigenvalue weighted by Gasteiger charge is 2.39. The van der Waals surface area contributed by atoms with E-state index in [1.165, 1.54) is 19.2 Å². The molecule has 4 N–H and O–H groups in total. The Morgan fingerprint density at radius 3 is 2.55 bits per heavy atom. The van der Waals surface area contributed by atoms with Crippen molar-refractivity contribution in [3.8, 4) is 39.9 Å². The maximum absolute atomic E-state index is 13.0. The first-order chi connectivity index (χ1) is 13.6. The molecule has 1 atom stereocenters. The topological polar surface area (TPSA) is 130 Å². The molecule has 0 amide bonds. The average Bonchev–Trinajstić information content (AvgIpc) is 2.64. The van der Waals surface area contributed by atoms with Gasteiger partial charge in [-0.1, -0.05) is 0 Å². The first-order valence-corrected chi connectivity index (χ1v) is 8.91.